The van der Waals surface area contributed by atoms with Crippen molar-refractivity contribution in [2.24, 2.45) is 0 Å². The average Bonchev–Trinajstić information content (AvgIpc) is 2.42. The standard InChI is InChI=1S/C15H18N2O2.2ClH/c16-12-6-1-3-8-14(12)18-10-5-11-19-15-9-4-2-7-13(15)17;;/h1-4,6-9H,5,10-11,16-17H2;2*1H. The van der Waals surface area contributed by atoms with Crippen LogP contribution in [0.15, 0.2) is 48.5 Å². The van der Waals surface area contributed by atoms with Gasteiger partial charge in [-0.3, -0.25) is 0 Å². The van der Waals surface area contributed by atoms with Gasteiger partial charge in [-0.15, -0.1) is 24.8 Å². The van der Waals surface area contributed by atoms with Crippen LogP contribution >= 0.6 is 24.8 Å². The number of halogens is 2. The number of ether oxygens (including phenoxy) is 2. The van der Waals surface area contributed by atoms with Gasteiger partial charge in [0, 0.05) is 6.42 Å². The molecule has 21 heavy (non-hydrogen) atoms. The van der Waals surface area contributed by atoms with E-state index in [1.165, 1.54) is 0 Å². The van der Waals surface area contributed by atoms with Gasteiger partial charge in [-0.25, -0.2) is 0 Å². The fourth-order valence-electron chi connectivity index (χ4n) is 1.65. The predicted molar refractivity (Wildman–Crippen MR) is 91.8 cm³/mol. The highest BCUT2D eigenvalue weighted by atomic mass is 35.5. The molecule has 0 atom stereocenters. The Balaban J connectivity index is 0.00000200. The molecule has 4 nitrogen and oxygen atoms in total. The lowest BCUT2D eigenvalue weighted by Gasteiger charge is -2.10. The Kier molecular flexibility index (Phi) is 9.17. The van der Waals surface area contributed by atoms with E-state index < -0.39 is 0 Å². The average molecular weight is 331 g/mol. The molecule has 0 aliphatic heterocycles. The molecule has 2 aromatic carbocycles. The number of hydrogen-bond donors (Lipinski definition) is 2. The Hall–Kier alpha value is -1.78. The first-order chi connectivity index (χ1) is 9.27. The van der Waals surface area contributed by atoms with Gasteiger partial charge in [0.2, 0.25) is 0 Å². The molecule has 0 amide bonds. The zero-order valence-corrected chi connectivity index (χ0v) is 13.2. The summed E-state index contributed by atoms with van der Waals surface area (Å²) in [5, 5.41) is 0. The number of para-hydroxylation sites is 4. The summed E-state index contributed by atoms with van der Waals surface area (Å²) in [6, 6.07) is 14.9. The normalized spacial score (nSPS) is 9.14. The van der Waals surface area contributed by atoms with Crippen molar-refractivity contribution in [1.82, 2.24) is 0 Å². The van der Waals surface area contributed by atoms with Gasteiger partial charge in [-0.05, 0) is 24.3 Å². The van der Waals surface area contributed by atoms with Crippen LogP contribution in [-0.2, 0) is 0 Å². The molecular weight excluding hydrogens is 311 g/mol. The first-order valence-electron chi connectivity index (χ1n) is 6.22. The summed E-state index contributed by atoms with van der Waals surface area (Å²) in [5.74, 6) is 1.42. The third-order valence-corrected chi connectivity index (χ3v) is 2.64. The summed E-state index contributed by atoms with van der Waals surface area (Å²) >= 11 is 0. The predicted octanol–water partition coefficient (Wildman–Crippen LogP) is 3.54. The first kappa shape index (κ1) is 19.2. The van der Waals surface area contributed by atoms with E-state index in [0.717, 1.165) is 6.42 Å². The lowest BCUT2D eigenvalue weighted by molar-refractivity contribution is 0.249. The highest BCUT2D eigenvalue weighted by Crippen LogP contribution is 2.21. The Bertz CT molecular complexity index is 491. The molecule has 0 radical (unpaired) electrons. The third-order valence-electron chi connectivity index (χ3n) is 2.64. The summed E-state index contributed by atoms with van der Waals surface area (Å²) in [7, 11) is 0. The third kappa shape index (κ3) is 6.02. The number of nitrogen functional groups attached to an aromatic ring is 2. The van der Waals surface area contributed by atoms with Crippen LogP contribution in [0.25, 0.3) is 0 Å². The van der Waals surface area contributed by atoms with Gasteiger partial charge in [-0.2, -0.15) is 0 Å². The molecule has 0 spiro atoms. The number of anilines is 2. The van der Waals surface area contributed by atoms with Crippen LogP contribution in [0, 0.1) is 0 Å². The van der Waals surface area contributed by atoms with Crippen LogP contribution in [0.5, 0.6) is 11.5 Å². The van der Waals surface area contributed by atoms with E-state index in [2.05, 4.69) is 0 Å². The minimum atomic E-state index is 0. The molecule has 4 N–H and O–H groups in total. The van der Waals surface area contributed by atoms with Crippen molar-refractivity contribution in [2.45, 2.75) is 6.42 Å². The summed E-state index contributed by atoms with van der Waals surface area (Å²) in [4.78, 5) is 0. The van der Waals surface area contributed by atoms with Crippen LogP contribution in [0.1, 0.15) is 6.42 Å². The monoisotopic (exact) mass is 330 g/mol. The van der Waals surface area contributed by atoms with Crippen molar-refractivity contribution in [1.29, 1.82) is 0 Å². The fourth-order valence-corrected chi connectivity index (χ4v) is 1.65. The van der Waals surface area contributed by atoms with Crippen LogP contribution < -0.4 is 20.9 Å². The van der Waals surface area contributed by atoms with E-state index in [1.807, 2.05) is 48.5 Å². The van der Waals surface area contributed by atoms with E-state index >= 15 is 0 Å². The Labute approximate surface area is 137 Å². The topological polar surface area (TPSA) is 70.5 Å². The number of nitrogens with two attached hydrogens (primary N) is 2. The van der Waals surface area contributed by atoms with Gasteiger partial charge < -0.3 is 20.9 Å². The molecule has 116 valence electrons. The van der Waals surface area contributed by atoms with E-state index in [0.29, 0.717) is 36.1 Å². The largest absolute Gasteiger partial charge is 0.491 e. The maximum absolute atomic E-state index is 5.77. The maximum Gasteiger partial charge on any atom is 0.142 e. The van der Waals surface area contributed by atoms with Gasteiger partial charge in [-0.1, -0.05) is 24.3 Å². The van der Waals surface area contributed by atoms with Crippen LogP contribution in [0.2, 0.25) is 0 Å². The number of hydrogen-bond acceptors (Lipinski definition) is 4. The van der Waals surface area contributed by atoms with Crippen LogP contribution in [-0.4, -0.2) is 13.2 Å². The zero-order valence-electron chi connectivity index (χ0n) is 11.5. The molecule has 0 saturated heterocycles. The fraction of sp³-hybridized carbons (Fsp3) is 0.200. The number of rotatable bonds is 6. The van der Waals surface area contributed by atoms with Gasteiger partial charge in [0.25, 0.3) is 0 Å². The highest BCUT2D eigenvalue weighted by molar-refractivity contribution is 5.85. The molecular formula is C15H20Cl2N2O2. The van der Waals surface area contributed by atoms with Crippen LogP contribution in [0.4, 0.5) is 11.4 Å². The van der Waals surface area contributed by atoms with E-state index in [9.17, 15) is 0 Å². The molecule has 0 bridgehead atoms. The smallest absolute Gasteiger partial charge is 0.142 e. The minimum Gasteiger partial charge on any atom is -0.491 e. The molecule has 0 heterocycles. The quantitative estimate of drug-likeness (QED) is 0.627. The van der Waals surface area contributed by atoms with Gasteiger partial charge in [0.15, 0.2) is 0 Å². The molecule has 0 aliphatic carbocycles. The SMILES string of the molecule is Cl.Cl.Nc1ccccc1OCCCOc1ccccc1N. The van der Waals surface area contributed by atoms with Crippen molar-refractivity contribution < 1.29 is 9.47 Å². The van der Waals surface area contributed by atoms with E-state index in [-0.39, 0.29) is 24.8 Å². The van der Waals surface area contributed by atoms with Crippen molar-refractivity contribution in [3.63, 3.8) is 0 Å². The molecule has 0 aromatic heterocycles. The highest BCUT2D eigenvalue weighted by Gasteiger charge is 2.00. The van der Waals surface area contributed by atoms with Crippen molar-refractivity contribution in [3.8, 4) is 11.5 Å². The Morgan fingerprint density at radius 1 is 0.667 bits per heavy atom. The second-order valence-electron chi connectivity index (χ2n) is 4.13. The van der Waals surface area contributed by atoms with Crippen molar-refractivity contribution in [2.75, 3.05) is 24.7 Å². The van der Waals surface area contributed by atoms with Crippen molar-refractivity contribution >= 4 is 36.2 Å². The summed E-state index contributed by atoms with van der Waals surface area (Å²) in [6.07, 6.45) is 0.767. The summed E-state index contributed by atoms with van der Waals surface area (Å²) in [5.41, 5.74) is 12.8. The Morgan fingerprint density at radius 3 is 1.43 bits per heavy atom. The lowest BCUT2D eigenvalue weighted by atomic mass is 10.3. The van der Waals surface area contributed by atoms with Crippen LogP contribution in [0.3, 0.4) is 0 Å². The number of benzene rings is 2. The van der Waals surface area contributed by atoms with E-state index in [1.54, 1.807) is 0 Å². The maximum atomic E-state index is 5.77. The summed E-state index contributed by atoms with van der Waals surface area (Å²) in [6.45, 7) is 1.11. The lowest BCUT2D eigenvalue weighted by Crippen LogP contribution is -2.06. The van der Waals surface area contributed by atoms with Gasteiger partial charge in [0.1, 0.15) is 11.5 Å². The van der Waals surface area contributed by atoms with E-state index in [4.69, 9.17) is 20.9 Å². The molecule has 6 heteroatoms. The molecule has 0 aliphatic rings. The van der Waals surface area contributed by atoms with Gasteiger partial charge >= 0.3 is 0 Å². The molecule has 0 fully saturated rings. The second-order valence-corrected chi connectivity index (χ2v) is 4.13. The minimum absolute atomic E-state index is 0. The molecule has 0 unspecified atom stereocenters. The Morgan fingerprint density at radius 2 is 1.05 bits per heavy atom. The molecule has 2 aromatic rings. The second kappa shape index (κ2) is 10.0. The zero-order chi connectivity index (χ0) is 13.5. The molecule has 0 saturated carbocycles. The molecule has 2 rings (SSSR count). The van der Waals surface area contributed by atoms with Crippen molar-refractivity contribution in [3.05, 3.63) is 48.5 Å². The first-order valence-corrected chi connectivity index (χ1v) is 6.22. The van der Waals surface area contributed by atoms with Gasteiger partial charge in [0.05, 0.1) is 24.6 Å². The summed E-state index contributed by atoms with van der Waals surface area (Å²) < 4.78 is 11.1.